The highest BCUT2D eigenvalue weighted by Gasteiger charge is 2.18. The smallest absolute Gasteiger partial charge is 0.248 e. The van der Waals surface area contributed by atoms with Crippen LogP contribution in [0.15, 0.2) is 53.1 Å². The summed E-state index contributed by atoms with van der Waals surface area (Å²) in [5.74, 6) is -0.519. The fraction of sp³-hybridized carbons (Fsp3) is 0.292. The number of aromatic nitrogens is 1. The maximum atomic E-state index is 13.9. The lowest BCUT2D eigenvalue weighted by molar-refractivity contribution is -0.116. The second-order valence-corrected chi connectivity index (χ2v) is 7.79. The number of carbonyl (C=O) groups is 2. The van der Waals surface area contributed by atoms with Crippen molar-refractivity contribution in [3.05, 3.63) is 65.9 Å². The highest BCUT2D eigenvalue weighted by atomic mass is 19.1. The second-order valence-electron chi connectivity index (χ2n) is 7.79. The molecule has 8 heteroatoms. The lowest BCUT2D eigenvalue weighted by Crippen LogP contribution is -2.30. The van der Waals surface area contributed by atoms with Crippen LogP contribution in [0.4, 0.5) is 15.8 Å². The molecule has 0 spiro atoms. The van der Waals surface area contributed by atoms with Crippen LogP contribution >= 0.6 is 0 Å². The van der Waals surface area contributed by atoms with Crippen LogP contribution in [-0.4, -0.2) is 29.9 Å². The number of piperidine rings is 1. The Bertz CT molecular complexity index is 1120. The van der Waals surface area contributed by atoms with Crippen LogP contribution in [0.2, 0.25) is 0 Å². The van der Waals surface area contributed by atoms with Crippen molar-refractivity contribution < 1.29 is 18.4 Å². The number of carbonyl (C=O) groups excluding carboxylic acids is 2. The molecular weight excluding hydrogens is 411 g/mol. The topological polar surface area (TPSA) is 101 Å². The number of halogens is 1. The molecule has 0 bridgehead atoms. The minimum absolute atomic E-state index is 0.122. The van der Waals surface area contributed by atoms with E-state index in [1.54, 1.807) is 30.3 Å². The largest absolute Gasteiger partial charge is 0.441 e. The van der Waals surface area contributed by atoms with E-state index in [1.165, 1.54) is 18.7 Å². The third-order valence-electron chi connectivity index (χ3n) is 5.51. The van der Waals surface area contributed by atoms with E-state index in [2.05, 4.69) is 15.2 Å². The van der Waals surface area contributed by atoms with Gasteiger partial charge in [-0.15, -0.1) is 0 Å². The summed E-state index contributed by atoms with van der Waals surface area (Å²) in [6.45, 7) is 1.79. The Morgan fingerprint density at radius 2 is 1.91 bits per heavy atom. The van der Waals surface area contributed by atoms with E-state index in [9.17, 15) is 14.0 Å². The molecule has 0 saturated carbocycles. The van der Waals surface area contributed by atoms with Gasteiger partial charge in [0, 0.05) is 31.5 Å². The maximum Gasteiger partial charge on any atom is 0.248 e. The fourth-order valence-corrected chi connectivity index (χ4v) is 3.84. The van der Waals surface area contributed by atoms with Crippen molar-refractivity contribution in [2.45, 2.75) is 32.1 Å². The molecule has 1 aromatic heterocycles. The van der Waals surface area contributed by atoms with Crippen LogP contribution in [0.5, 0.6) is 0 Å². The van der Waals surface area contributed by atoms with Gasteiger partial charge in [-0.25, -0.2) is 9.37 Å². The fourth-order valence-electron chi connectivity index (χ4n) is 3.84. The first kappa shape index (κ1) is 21.5. The molecule has 3 N–H and O–H groups in total. The molecule has 1 fully saturated rings. The highest BCUT2D eigenvalue weighted by Crippen LogP contribution is 2.30. The average Bonchev–Trinajstić information content (AvgIpc) is 3.27. The molecule has 1 saturated heterocycles. The van der Waals surface area contributed by atoms with Crippen molar-refractivity contribution in [2.75, 3.05) is 23.3 Å². The van der Waals surface area contributed by atoms with E-state index in [4.69, 9.17) is 10.2 Å². The van der Waals surface area contributed by atoms with Crippen LogP contribution in [0.3, 0.4) is 0 Å². The van der Waals surface area contributed by atoms with Gasteiger partial charge in [0.15, 0.2) is 11.7 Å². The van der Waals surface area contributed by atoms with Crippen LogP contribution in [0.25, 0.3) is 11.3 Å². The predicted octanol–water partition coefficient (Wildman–Crippen LogP) is 4.14. The number of nitrogens with two attached hydrogens (primary N) is 1. The molecule has 0 aliphatic carbocycles. The van der Waals surface area contributed by atoms with Crippen molar-refractivity contribution in [3.63, 3.8) is 0 Å². The van der Waals surface area contributed by atoms with Gasteiger partial charge in [-0.2, -0.15) is 0 Å². The summed E-state index contributed by atoms with van der Waals surface area (Å²) < 4.78 is 19.6. The summed E-state index contributed by atoms with van der Waals surface area (Å²) in [4.78, 5) is 30.7. The molecule has 1 aliphatic heterocycles. The van der Waals surface area contributed by atoms with Gasteiger partial charge in [0.05, 0.1) is 23.1 Å². The Balaban J connectivity index is 1.44. The summed E-state index contributed by atoms with van der Waals surface area (Å²) in [6, 6.07) is 11.4. The van der Waals surface area contributed by atoms with Gasteiger partial charge in [-0.05, 0) is 49.6 Å². The zero-order valence-electron chi connectivity index (χ0n) is 17.6. The van der Waals surface area contributed by atoms with Crippen molar-refractivity contribution in [2.24, 2.45) is 5.73 Å². The van der Waals surface area contributed by atoms with Crippen molar-refractivity contribution in [3.8, 4) is 11.3 Å². The number of oxazole rings is 1. The lowest BCUT2D eigenvalue weighted by Gasteiger charge is -2.30. The molecule has 2 heterocycles. The SMILES string of the molecule is NC(=O)c1ccc(N2CCCCC2)c(NC(=O)CCc2ncc(-c3ccccc3F)o2)c1. The predicted molar refractivity (Wildman–Crippen MR) is 120 cm³/mol. The molecule has 0 unspecified atom stereocenters. The summed E-state index contributed by atoms with van der Waals surface area (Å²) in [5.41, 5.74) is 7.52. The molecule has 1 aliphatic rings. The quantitative estimate of drug-likeness (QED) is 0.580. The Hall–Kier alpha value is -3.68. The van der Waals surface area contributed by atoms with Gasteiger partial charge in [0.25, 0.3) is 0 Å². The zero-order chi connectivity index (χ0) is 22.5. The van der Waals surface area contributed by atoms with Gasteiger partial charge in [-0.3, -0.25) is 9.59 Å². The number of hydrogen-bond donors (Lipinski definition) is 2. The molecule has 0 radical (unpaired) electrons. The summed E-state index contributed by atoms with van der Waals surface area (Å²) in [6.07, 6.45) is 5.18. The summed E-state index contributed by atoms with van der Waals surface area (Å²) in [7, 11) is 0. The maximum absolute atomic E-state index is 13.9. The summed E-state index contributed by atoms with van der Waals surface area (Å²) in [5, 5.41) is 2.90. The van der Waals surface area contributed by atoms with E-state index < -0.39 is 11.7 Å². The molecule has 3 aromatic rings. The minimum Gasteiger partial charge on any atom is -0.441 e. The molecule has 4 rings (SSSR count). The van der Waals surface area contributed by atoms with Crippen LogP contribution in [-0.2, 0) is 11.2 Å². The highest BCUT2D eigenvalue weighted by molar-refractivity contribution is 5.99. The van der Waals surface area contributed by atoms with Gasteiger partial charge in [0.1, 0.15) is 5.82 Å². The Morgan fingerprint density at radius 1 is 1.12 bits per heavy atom. The zero-order valence-corrected chi connectivity index (χ0v) is 17.6. The van der Waals surface area contributed by atoms with Crippen molar-refractivity contribution >= 4 is 23.2 Å². The molecular formula is C24H25FN4O3. The number of benzene rings is 2. The first-order chi connectivity index (χ1) is 15.5. The molecule has 166 valence electrons. The Morgan fingerprint density at radius 3 is 2.66 bits per heavy atom. The third kappa shape index (κ3) is 4.96. The van der Waals surface area contributed by atoms with E-state index in [1.807, 2.05) is 6.07 Å². The molecule has 32 heavy (non-hydrogen) atoms. The number of amides is 2. The minimum atomic E-state index is -0.550. The van der Waals surface area contributed by atoms with Gasteiger partial charge >= 0.3 is 0 Å². The molecule has 2 amide bonds. The van der Waals surface area contributed by atoms with Gasteiger partial charge in [-0.1, -0.05) is 12.1 Å². The Kier molecular flexibility index (Phi) is 6.49. The molecule has 7 nitrogen and oxygen atoms in total. The van der Waals surface area contributed by atoms with E-state index in [-0.39, 0.29) is 18.7 Å². The number of anilines is 2. The lowest BCUT2D eigenvalue weighted by atomic mass is 10.1. The number of primary amides is 1. The van der Waals surface area contributed by atoms with Gasteiger partial charge in [0.2, 0.25) is 11.8 Å². The number of aryl methyl sites for hydroxylation is 1. The number of nitrogens with one attached hydrogen (secondary N) is 1. The van der Waals surface area contributed by atoms with E-state index in [0.29, 0.717) is 28.5 Å². The monoisotopic (exact) mass is 436 g/mol. The first-order valence-electron chi connectivity index (χ1n) is 10.7. The van der Waals surface area contributed by atoms with Crippen LogP contribution in [0.1, 0.15) is 41.9 Å². The normalized spacial score (nSPS) is 13.7. The van der Waals surface area contributed by atoms with E-state index >= 15 is 0 Å². The standard InChI is InChI=1S/C24H25FN4O3/c25-18-7-3-2-6-17(18)21-15-27-23(32-21)11-10-22(30)28-19-14-16(24(26)31)8-9-20(19)29-12-4-1-5-13-29/h2-3,6-9,14-15H,1,4-5,10-13H2,(H2,26,31)(H,28,30). The third-order valence-corrected chi connectivity index (χ3v) is 5.51. The van der Waals surface area contributed by atoms with Crippen molar-refractivity contribution in [1.29, 1.82) is 0 Å². The molecule has 2 aromatic carbocycles. The Labute approximate surface area is 185 Å². The average molecular weight is 436 g/mol. The van der Waals surface area contributed by atoms with Crippen LogP contribution < -0.4 is 16.0 Å². The molecule has 0 atom stereocenters. The second kappa shape index (κ2) is 9.64. The van der Waals surface area contributed by atoms with Crippen molar-refractivity contribution in [1.82, 2.24) is 4.98 Å². The van der Waals surface area contributed by atoms with E-state index in [0.717, 1.165) is 31.6 Å². The number of nitrogens with zero attached hydrogens (tertiary/aromatic N) is 2. The summed E-state index contributed by atoms with van der Waals surface area (Å²) >= 11 is 0. The number of hydrogen-bond acceptors (Lipinski definition) is 5. The number of rotatable bonds is 7. The van der Waals surface area contributed by atoms with Crippen LogP contribution in [0, 0.1) is 5.82 Å². The van der Waals surface area contributed by atoms with Gasteiger partial charge < -0.3 is 20.4 Å². The first-order valence-corrected chi connectivity index (χ1v) is 10.7.